The third-order valence-corrected chi connectivity index (χ3v) is 5.72. The minimum absolute atomic E-state index is 0.0178. The van der Waals surface area contributed by atoms with Crippen molar-refractivity contribution in [3.63, 3.8) is 0 Å². The van der Waals surface area contributed by atoms with Crippen LogP contribution in [0.5, 0.6) is 11.5 Å². The molecule has 0 aliphatic rings. The van der Waals surface area contributed by atoms with Crippen LogP contribution in [0.1, 0.15) is 10.7 Å². The van der Waals surface area contributed by atoms with Crippen LogP contribution in [0.4, 0.5) is 13.2 Å². The van der Waals surface area contributed by atoms with Gasteiger partial charge in [-0.1, -0.05) is 0 Å². The number of aromatic hydroxyl groups is 1. The van der Waals surface area contributed by atoms with Gasteiger partial charge in [0, 0.05) is 18.5 Å². The van der Waals surface area contributed by atoms with Gasteiger partial charge >= 0.3 is 6.18 Å². The van der Waals surface area contributed by atoms with Gasteiger partial charge in [0.25, 0.3) is 0 Å². The van der Waals surface area contributed by atoms with Crippen LogP contribution in [0.25, 0.3) is 0 Å². The number of thiazole rings is 1. The number of hydrogen-bond donors (Lipinski definition) is 1. The largest absolute Gasteiger partial charge is 0.507 e. The van der Waals surface area contributed by atoms with Crippen LogP contribution < -0.4 is 4.74 Å². The number of sulfonamides is 1. The number of methoxy groups -OCH3 is 1. The minimum Gasteiger partial charge on any atom is -0.507 e. The molecule has 2 aromatic rings. The number of nitrogens with zero attached hydrogens (tertiary/aromatic N) is 2. The molecule has 0 fully saturated rings. The van der Waals surface area contributed by atoms with Gasteiger partial charge in [-0.25, -0.2) is 13.4 Å². The average Bonchev–Trinajstić information content (AvgIpc) is 2.96. The number of ether oxygens (including phenoxy) is 1. The second kappa shape index (κ2) is 6.57. The molecule has 0 amide bonds. The van der Waals surface area contributed by atoms with E-state index in [0.717, 1.165) is 21.8 Å². The fourth-order valence-electron chi connectivity index (χ4n) is 1.79. The van der Waals surface area contributed by atoms with E-state index in [1.54, 1.807) is 0 Å². The van der Waals surface area contributed by atoms with Crippen molar-refractivity contribution in [3.8, 4) is 11.5 Å². The third-order valence-electron chi connectivity index (χ3n) is 3.06. The Kier molecular flexibility index (Phi) is 5.06. The van der Waals surface area contributed by atoms with E-state index in [2.05, 4.69) is 4.98 Å². The van der Waals surface area contributed by atoms with E-state index in [0.29, 0.717) is 11.3 Å². The highest BCUT2D eigenvalue weighted by atomic mass is 32.2. The quantitative estimate of drug-likeness (QED) is 0.860. The van der Waals surface area contributed by atoms with Crippen LogP contribution in [-0.2, 0) is 22.7 Å². The van der Waals surface area contributed by atoms with Gasteiger partial charge in [0.15, 0.2) is 5.69 Å². The van der Waals surface area contributed by atoms with Crippen molar-refractivity contribution in [2.24, 2.45) is 0 Å². The first-order chi connectivity index (χ1) is 11.1. The predicted octanol–water partition coefficient (Wildman–Crippen LogP) is 2.70. The van der Waals surface area contributed by atoms with Crippen molar-refractivity contribution in [2.75, 3.05) is 14.2 Å². The van der Waals surface area contributed by atoms with Gasteiger partial charge in [0.1, 0.15) is 21.4 Å². The highest BCUT2D eigenvalue weighted by Gasteiger charge is 2.34. The normalized spacial score (nSPS) is 12.6. The number of phenolic OH excluding ortho intramolecular Hbond substituents is 1. The van der Waals surface area contributed by atoms with Crippen molar-refractivity contribution >= 4 is 21.4 Å². The molecule has 1 N–H and O–H groups in total. The molecule has 0 spiro atoms. The van der Waals surface area contributed by atoms with E-state index in [-0.39, 0.29) is 17.3 Å². The van der Waals surface area contributed by atoms with Gasteiger partial charge in [-0.15, -0.1) is 11.3 Å². The van der Waals surface area contributed by atoms with E-state index in [1.807, 2.05) is 0 Å². The Balaban J connectivity index is 2.28. The van der Waals surface area contributed by atoms with Crippen LogP contribution in [0.2, 0.25) is 0 Å². The number of aromatic nitrogens is 1. The number of phenols is 1. The lowest BCUT2D eigenvalue weighted by Gasteiger charge is -2.17. The summed E-state index contributed by atoms with van der Waals surface area (Å²) in [6.07, 6.45) is -4.59. The summed E-state index contributed by atoms with van der Waals surface area (Å²) in [6.45, 7) is -0.361. The Bertz CT molecular complexity index is 834. The molecule has 0 unspecified atom stereocenters. The van der Waals surface area contributed by atoms with Crippen molar-refractivity contribution in [1.82, 2.24) is 9.29 Å². The summed E-state index contributed by atoms with van der Waals surface area (Å²) in [5.41, 5.74) is -1.07. The summed E-state index contributed by atoms with van der Waals surface area (Å²) in [7, 11) is -1.62. The maximum Gasteiger partial charge on any atom is 0.434 e. The molecule has 24 heavy (non-hydrogen) atoms. The maximum atomic E-state index is 12.5. The topological polar surface area (TPSA) is 79.7 Å². The standard InChI is InChI=1S/C13H13F3N2O4S2/c1-18(6-12-17-11(7-23-12)13(14,15)16)24(20,21)10-5-8(22-2)3-4-9(10)19/h3-5,7,19H,6H2,1-2H3. The number of hydrogen-bond acceptors (Lipinski definition) is 6. The molecule has 0 saturated heterocycles. The molecule has 0 aliphatic heterocycles. The lowest BCUT2D eigenvalue weighted by Crippen LogP contribution is -2.26. The fourth-order valence-corrected chi connectivity index (χ4v) is 3.95. The zero-order valence-corrected chi connectivity index (χ0v) is 14.2. The average molecular weight is 382 g/mol. The van der Waals surface area contributed by atoms with Crippen LogP contribution >= 0.6 is 11.3 Å². The van der Waals surface area contributed by atoms with Gasteiger partial charge < -0.3 is 9.84 Å². The highest BCUT2D eigenvalue weighted by Crippen LogP contribution is 2.32. The van der Waals surface area contributed by atoms with Crippen LogP contribution in [0, 0.1) is 0 Å². The van der Waals surface area contributed by atoms with Gasteiger partial charge in [-0.05, 0) is 12.1 Å². The molecule has 6 nitrogen and oxygen atoms in total. The SMILES string of the molecule is COc1ccc(O)c(S(=O)(=O)N(C)Cc2nc(C(F)(F)F)cs2)c1. The minimum atomic E-state index is -4.59. The summed E-state index contributed by atoms with van der Waals surface area (Å²) in [5, 5.41) is 10.6. The van der Waals surface area contributed by atoms with E-state index < -0.39 is 32.5 Å². The Hall–Kier alpha value is -1.85. The summed E-state index contributed by atoms with van der Waals surface area (Å²) in [6, 6.07) is 3.67. The first-order valence-corrected chi connectivity index (χ1v) is 8.72. The Morgan fingerprint density at radius 3 is 2.58 bits per heavy atom. The molecule has 1 aromatic heterocycles. The first-order valence-electron chi connectivity index (χ1n) is 6.40. The Morgan fingerprint density at radius 2 is 2.04 bits per heavy atom. The van der Waals surface area contributed by atoms with Crippen LogP contribution in [-0.4, -0.2) is 37.0 Å². The van der Waals surface area contributed by atoms with Gasteiger partial charge in [-0.3, -0.25) is 0 Å². The molecular weight excluding hydrogens is 369 g/mol. The zero-order valence-electron chi connectivity index (χ0n) is 12.5. The number of rotatable bonds is 5. The van der Waals surface area contributed by atoms with Crippen molar-refractivity contribution in [1.29, 1.82) is 0 Å². The van der Waals surface area contributed by atoms with Crippen LogP contribution in [0.3, 0.4) is 0 Å². The smallest absolute Gasteiger partial charge is 0.434 e. The summed E-state index contributed by atoms with van der Waals surface area (Å²) in [4.78, 5) is 2.98. The highest BCUT2D eigenvalue weighted by molar-refractivity contribution is 7.89. The predicted molar refractivity (Wildman–Crippen MR) is 80.4 cm³/mol. The number of benzene rings is 1. The molecule has 0 bridgehead atoms. The first kappa shape index (κ1) is 18.5. The van der Waals surface area contributed by atoms with E-state index in [9.17, 15) is 26.7 Å². The second-order valence-corrected chi connectivity index (χ2v) is 7.67. The molecule has 0 radical (unpaired) electrons. The van der Waals surface area contributed by atoms with Crippen molar-refractivity contribution in [3.05, 3.63) is 34.3 Å². The molecule has 2 rings (SSSR count). The van der Waals surface area contributed by atoms with Gasteiger partial charge in [0.2, 0.25) is 10.0 Å². The monoisotopic (exact) mass is 382 g/mol. The molecule has 0 saturated carbocycles. The molecule has 0 atom stereocenters. The maximum absolute atomic E-state index is 12.5. The molecule has 132 valence electrons. The Morgan fingerprint density at radius 1 is 1.38 bits per heavy atom. The fraction of sp³-hybridized carbons (Fsp3) is 0.308. The third kappa shape index (κ3) is 3.79. The van der Waals surface area contributed by atoms with Crippen molar-refractivity contribution in [2.45, 2.75) is 17.6 Å². The van der Waals surface area contributed by atoms with Gasteiger partial charge in [-0.2, -0.15) is 17.5 Å². The second-order valence-electron chi connectivity index (χ2n) is 4.72. The molecule has 11 heteroatoms. The van der Waals surface area contributed by atoms with Crippen LogP contribution in [0.15, 0.2) is 28.5 Å². The lowest BCUT2D eigenvalue weighted by atomic mass is 10.3. The molecule has 0 aliphatic carbocycles. The molecular formula is C13H13F3N2O4S2. The van der Waals surface area contributed by atoms with Gasteiger partial charge in [0.05, 0.1) is 13.7 Å². The number of alkyl halides is 3. The lowest BCUT2D eigenvalue weighted by molar-refractivity contribution is -0.140. The summed E-state index contributed by atoms with van der Waals surface area (Å²) >= 11 is 0.703. The van der Waals surface area contributed by atoms with Crippen molar-refractivity contribution < 1.29 is 31.4 Å². The number of halogens is 3. The summed E-state index contributed by atoms with van der Waals surface area (Å²) in [5.74, 6) is -0.272. The summed E-state index contributed by atoms with van der Waals surface area (Å²) < 4.78 is 68.3. The molecule has 1 aromatic carbocycles. The van der Waals surface area contributed by atoms with E-state index in [4.69, 9.17) is 4.74 Å². The molecule has 1 heterocycles. The van der Waals surface area contributed by atoms with E-state index in [1.165, 1.54) is 20.2 Å². The Labute approximate surface area is 140 Å². The van der Waals surface area contributed by atoms with E-state index >= 15 is 0 Å². The zero-order chi connectivity index (χ0) is 18.1.